The molecule has 0 fully saturated rings. The third kappa shape index (κ3) is 6.07. The number of carbonyl (C=O) groups is 3. The topological polar surface area (TPSA) is 75.7 Å². The fourth-order valence-corrected chi connectivity index (χ4v) is 2.27. The average molecular weight is 393 g/mol. The number of esters is 1. The first-order chi connectivity index (χ1) is 12.8. The van der Waals surface area contributed by atoms with Gasteiger partial charge in [-0.3, -0.25) is 9.59 Å². The number of nitrogens with zero attached hydrogens (tertiary/aromatic N) is 1. The number of benzene rings is 2. The first-order valence-corrected chi connectivity index (χ1v) is 8.36. The van der Waals surface area contributed by atoms with E-state index in [-0.39, 0.29) is 17.1 Å². The maximum atomic E-state index is 13.7. The van der Waals surface area contributed by atoms with Gasteiger partial charge in [0.15, 0.2) is 6.61 Å². The number of aryl methyl sites for hydroxylation is 1. The molecule has 6 nitrogen and oxygen atoms in total. The maximum absolute atomic E-state index is 13.7. The molecule has 0 saturated heterocycles. The van der Waals surface area contributed by atoms with Crippen molar-refractivity contribution in [3.05, 3.63) is 64.4 Å². The van der Waals surface area contributed by atoms with Crippen LogP contribution in [0.3, 0.4) is 0 Å². The first-order valence-electron chi connectivity index (χ1n) is 7.99. The fraction of sp³-hybridized carbons (Fsp3) is 0.211. The maximum Gasteiger partial charge on any atom is 0.341 e. The van der Waals surface area contributed by atoms with Gasteiger partial charge >= 0.3 is 5.97 Å². The van der Waals surface area contributed by atoms with E-state index < -0.39 is 30.2 Å². The lowest BCUT2D eigenvalue weighted by Gasteiger charge is -2.17. The number of likely N-dealkylation sites (N-methyl/N-ethyl adjacent to an activating group) is 1. The zero-order chi connectivity index (χ0) is 20.0. The highest BCUT2D eigenvalue weighted by Crippen LogP contribution is 2.15. The molecule has 1 N–H and O–H groups in total. The minimum atomic E-state index is -0.991. The molecular formula is C19H18ClFN2O4. The number of carbonyl (C=O) groups excluding carboxylic acids is 3. The van der Waals surface area contributed by atoms with E-state index in [0.29, 0.717) is 5.69 Å². The van der Waals surface area contributed by atoms with Gasteiger partial charge in [-0.2, -0.15) is 0 Å². The van der Waals surface area contributed by atoms with Gasteiger partial charge in [0.1, 0.15) is 5.82 Å². The highest BCUT2D eigenvalue weighted by atomic mass is 35.5. The summed E-state index contributed by atoms with van der Waals surface area (Å²) in [7, 11) is 1.40. The summed E-state index contributed by atoms with van der Waals surface area (Å²) in [5.74, 6) is -2.83. The second-order valence-corrected chi connectivity index (χ2v) is 6.30. The van der Waals surface area contributed by atoms with E-state index in [1.807, 2.05) is 19.1 Å². The molecule has 0 unspecified atom stereocenters. The van der Waals surface area contributed by atoms with Crippen molar-refractivity contribution in [2.45, 2.75) is 6.92 Å². The van der Waals surface area contributed by atoms with E-state index in [1.54, 1.807) is 12.1 Å². The Labute approximate surface area is 160 Å². The summed E-state index contributed by atoms with van der Waals surface area (Å²) in [6, 6.07) is 10.7. The monoisotopic (exact) mass is 392 g/mol. The predicted octanol–water partition coefficient (Wildman–Crippen LogP) is 3.04. The van der Waals surface area contributed by atoms with Crippen molar-refractivity contribution >= 4 is 35.1 Å². The molecule has 142 valence electrons. The number of ether oxygens (including phenoxy) is 1. The van der Waals surface area contributed by atoms with Gasteiger partial charge in [0.05, 0.1) is 12.1 Å². The number of hydrogen-bond donors (Lipinski definition) is 1. The minimum Gasteiger partial charge on any atom is -0.452 e. The van der Waals surface area contributed by atoms with Crippen molar-refractivity contribution in [1.29, 1.82) is 0 Å². The van der Waals surface area contributed by atoms with Crippen molar-refractivity contribution in [2.24, 2.45) is 0 Å². The molecule has 8 heteroatoms. The van der Waals surface area contributed by atoms with E-state index in [4.69, 9.17) is 16.3 Å². The standard InChI is InChI=1S/C19H18ClFN2O4/c1-12-3-6-14(7-4-12)22-17(24)10-23(2)18(25)11-27-19(26)15-8-5-13(20)9-16(15)21/h3-9H,10-11H2,1-2H3,(H,22,24). The quantitative estimate of drug-likeness (QED) is 0.767. The van der Waals surface area contributed by atoms with E-state index >= 15 is 0 Å². The van der Waals surface area contributed by atoms with Gasteiger partial charge in [0, 0.05) is 17.8 Å². The Hall–Kier alpha value is -2.93. The Balaban J connectivity index is 1.83. The van der Waals surface area contributed by atoms with Crippen LogP contribution < -0.4 is 5.32 Å². The molecule has 0 saturated carbocycles. The van der Waals surface area contributed by atoms with E-state index in [0.717, 1.165) is 16.5 Å². The summed E-state index contributed by atoms with van der Waals surface area (Å²) in [4.78, 5) is 36.9. The van der Waals surface area contributed by atoms with Crippen LogP contribution in [0.4, 0.5) is 10.1 Å². The Kier molecular flexibility index (Phi) is 6.90. The minimum absolute atomic E-state index is 0.138. The zero-order valence-electron chi connectivity index (χ0n) is 14.8. The van der Waals surface area contributed by atoms with Crippen LogP contribution >= 0.6 is 11.6 Å². The van der Waals surface area contributed by atoms with Crippen LogP contribution in [-0.2, 0) is 14.3 Å². The summed E-state index contributed by atoms with van der Waals surface area (Å²) in [6.45, 7) is 1.09. The zero-order valence-corrected chi connectivity index (χ0v) is 15.5. The Morgan fingerprint density at radius 1 is 1.15 bits per heavy atom. The molecule has 27 heavy (non-hydrogen) atoms. The molecule has 0 aliphatic rings. The highest BCUT2D eigenvalue weighted by Gasteiger charge is 2.18. The molecule has 0 aliphatic carbocycles. The molecule has 0 spiro atoms. The normalized spacial score (nSPS) is 10.2. The largest absolute Gasteiger partial charge is 0.452 e. The second kappa shape index (κ2) is 9.14. The van der Waals surface area contributed by atoms with E-state index in [2.05, 4.69) is 5.32 Å². The molecule has 2 aromatic rings. The molecule has 2 rings (SSSR count). The van der Waals surface area contributed by atoms with Gasteiger partial charge in [-0.25, -0.2) is 9.18 Å². The van der Waals surface area contributed by atoms with Crippen molar-refractivity contribution in [3.63, 3.8) is 0 Å². The fourth-order valence-electron chi connectivity index (χ4n) is 2.11. The summed E-state index contributed by atoms with van der Waals surface area (Å²) in [6.07, 6.45) is 0. The van der Waals surface area contributed by atoms with Gasteiger partial charge in [-0.1, -0.05) is 29.3 Å². The molecule has 0 aliphatic heterocycles. The molecule has 0 heterocycles. The van der Waals surface area contributed by atoms with Gasteiger partial charge in [0.25, 0.3) is 5.91 Å². The number of hydrogen-bond acceptors (Lipinski definition) is 4. The second-order valence-electron chi connectivity index (χ2n) is 5.86. The summed E-state index contributed by atoms with van der Waals surface area (Å²) >= 11 is 5.61. The number of amides is 2. The molecule has 0 aromatic heterocycles. The summed E-state index contributed by atoms with van der Waals surface area (Å²) < 4.78 is 18.5. The van der Waals surface area contributed by atoms with Gasteiger partial charge in [0.2, 0.25) is 5.91 Å². The lowest BCUT2D eigenvalue weighted by molar-refractivity contribution is -0.136. The third-order valence-corrected chi connectivity index (χ3v) is 3.85. The van der Waals surface area contributed by atoms with E-state index in [9.17, 15) is 18.8 Å². The van der Waals surface area contributed by atoms with Crippen molar-refractivity contribution in [1.82, 2.24) is 4.90 Å². The van der Waals surface area contributed by atoms with Crippen LogP contribution in [0, 0.1) is 12.7 Å². The van der Waals surface area contributed by atoms with Crippen LogP contribution in [0.15, 0.2) is 42.5 Å². The molecular weight excluding hydrogens is 375 g/mol. The SMILES string of the molecule is Cc1ccc(NC(=O)CN(C)C(=O)COC(=O)c2ccc(Cl)cc2F)cc1. The molecule has 0 bridgehead atoms. The van der Waals surface area contributed by atoms with Crippen LogP contribution in [-0.4, -0.2) is 42.9 Å². The van der Waals surface area contributed by atoms with Gasteiger partial charge in [-0.15, -0.1) is 0 Å². The molecule has 2 aromatic carbocycles. The average Bonchev–Trinajstić information content (AvgIpc) is 2.61. The Morgan fingerprint density at radius 2 is 1.81 bits per heavy atom. The van der Waals surface area contributed by atoms with Gasteiger partial charge < -0.3 is 15.0 Å². The smallest absolute Gasteiger partial charge is 0.341 e. The third-order valence-electron chi connectivity index (χ3n) is 3.62. The van der Waals surface area contributed by atoms with Crippen LogP contribution in [0.5, 0.6) is 0 Å². The Morgan fingerprint density at radius 3 is 2.44 bits per heavy atom. The number of anilines is 1. The van der Waals surface area contributed by atoms with Crippen LogP contribution in [0.2, 0.25) is 5.02 Å². The number of halogens is 2. The van der Waals surface area contributed by atoms with Crippen LogP contribution in [0.25, 0.3) is 0 Å². The van der Waals surface area contributed by atoms with Gasteiger partial charge in [-0.05, 0) is 37.3 Å². The van der Waals surface area contributed by atoms with Crippen molar-refractivity contribution < 1.29 is 23.5 Å². The molecule has 0 atom stereocenters. The summed E-state index contributed by atoms with van der Waals surface area (Å²) in [5, 5.41) is 2.79. The number of rotatable bonds is 6. The first kappa shape index (κ1) is 20.4. The van der Waals surface area contributed by atoms with E-state index in [1.165, 1.54) is 19.2 Å². The lowest BCUT2D eigenvalue weighted by atomic mass is 10.2. The van der Waals surface area contributed by atoms with Crippen molar-refractivity contribution in [3.8, 4) is 0 Å². The summed E-state index contributed by atoms with van der Waals surface area (Å²) in [5.41, 5.74) is 1.34. The van der Waals surface area contributed by atoms with Crippen molar-refractivity contribution in [2.75, 3.05) is 25.5 Å². The Bertz CT molecular complexity index is 855. The lowest BCUT2D eigenvalue weighted by Crippen LogP contribution is -2.37. The highest BCUT2D eigenvalue weighted by molar-refractivity contribution is 6.30. The number of nitrogens with one attached hydrogen (secondary N) is 1. The predicted molar refractivity (Wildman–Crippen MR) is 99.1 cm³/mol. The van der Waals surface area contributed by atoms with Crippen LogP contribution in [0.1, 0.15) is 15.9 Å². The molecule has 0 radical (unpaired) electrons. The molecule has 2 amide bonds.